The first-order valence-electron chi connectivity index (χ1n) is 6.62. The van der Waals surface area contributed by atoms with Crippen LogP contribution in [0, 0.1) is 10.5 Å². The number of nitrogens with one attached hydrogen (secondary N) is 2. The van der Waals surface area contributed by atoms with Crippen LogP contribution in [0.15, 0.2) is 52.0 Å². The van der Waals surface area contributed by atoms with Gasteiger partial charge in [0.05, 0.1) is 12.8 Å². The Morgan fingerprint density at radius 1 is 1.32 bits per heavy atom. The number of benzene rings is 2. The van der Waals surface area contributed by atoms with Gasteiger partial charge in [-0.15, -0.1) is 0 Å². The molecule has 2 aromatic carbocycles. The first-order valence-corrected chi connectivity index (χ1v) is 8.49. The molecule has 2 rings (SSSR count). The van der Waals surface area contributed by atoms with E-state index in [-0.39, 0.29) is 12.5 Å². The quantitative estimate of drug-likeness (QED) is 0.394. The summed E-state index contributed by atoms with van der Waals surface area (Å²) in [6.07, 6.45) is 1.61. The molecule has 0 aromatic heterocycles. The van der Waals surface area contributed by atoms with E-state index in [9.17, 15) is 4.79 Å². The van der Waals surface area contributed by atoms with Crippen molar-refractivity contribution in [2.24, 2.45) is 5.10 Å². The van der Waals surface area contributed by atoms with E-state index in [1.807, 2.05) is 49.4 Å². The number of hydrazone groups is 1. The van der Waals surface area contributed by atoms with Crippen molar-refractivity contribution >= 4 is 56.3 Å². The van der Waals surface area contributed by atoms with Gasteiger partial charge in [0.2, 0.25) is 0 Å². The number of hydrogen-bond acceptors (Lipinski definition) is 3. The Labute approximate surface area is 151 Å². The van der Waals surface area contributed by atoms with Crippen LogP contribution in [0.4, 0.5) is 5.69 Å². The molecule has 2 aromatic rings. The molecule has 2 N–H and O–H groups in total. The van der Waals surface area contributed by atoms with Gasteiger partial charge >= 0.3 is 0 Å². The van der Waals surface area contributed by atoms with Crippen LogP contribution in [0.3, 0.4) is 0 Å². The molecule has 0 aliphatic carbocycles. The van der Waals surface area contributed by atoms with Gasteiger partial charge in [0.15, 0.2) is 0 Å². The predicted octanol–water partition coefficient (Wildman–Crippen LogP) is 3.92. The van der Waals surface area contributed by atoms with Crippen LogP contribution < -0.4 is 10.7 Å². The van der Waals surface area contributed by atoms with Crippen molar-refractivity contribution in [1.82, 2.24) is 5.43 Å². The van der Waals surface area contributed by atoms with E-state index in [2.05, 4.69) is 54.4 Å². The molecule has 0 radical (unpaired) electrons. The Morgan fingerprint density at radius 2 is 2.14 bits per heavy atom. The van der Waals surface area contributed by atoms with Crippen LogP contribution in [0.25, 0.3) is 0 Å². The Morgan fingerprint density at radius 3 is 2.86 bits per heavy atom. The standard InChI is InChI=1S/C16H15BrIN3O/c1-11-7-14(5-6-15(11)18)19-10-16(22)21-20-9-12-3-2-4-13(17)8-12/h2-9,19H,10H2,1H3,(H,21,22)/b20-9+. The number of hydrogen-bond donors (Lipinski definition) is 2. The van der Waals surface area contributed by atoms with Gasteiger partial charge in [0.1, 0.15) is 0 Å². The summed E-state index contributed by atoms with van der Waals surface area (Å²) in [5, 5.41) is 7.01. The highest BCUT2D eigenvalue weighted by Gasteiger charge is 2.01. The molecule has 22 heavy (non-hydrogen) atoms. The number of rotatable bonds is 5. The number of nitrogens with zero attached hydrogens (tertiary/aromatic N) is 1. The van der Waals surface area contributed by atoms with Gasteiger partial charge in [-0.05, 0) is 71.0 Å². The summed E-state index contributed by atoms with van der Waals surface area (Å²) < 4.78 is 2.17. The van der Waals surface area contributed by atoms with E-state index in [0.717, 1.165) is 15.7 Å². The van der Waals surface area contributed by atoms with Gasteiger partial charge in [-0.2, -0.15) is 5.10 Å². The summed E-state index contributed by atoms with van der Waals surface area (Å²) in [5.41, 5.74) is 5.51. The minimum absolute atomic E-state index is 0.176. The first-order chi connectivity index (χ1) is 10.5. The zero-order chi connectivity index (χ0) is 15.9. The van der Waals surface area contributed by atoms with Gasteiger partial charge in [-0.3, -0.25) is 4.79 Å². The third-order valence-electron chi connectivity index (χ3n) is 2.86. The summed E-state index contributed by atoms with van der Waals surface area (Å²) >= 11 is 5.66. The molecule has 0 spiro atoms. The van der Waals surface area contributed by atoms with E-state index >= 15 is 0 Å². The lowest BCUT2D eigenvalue weighted by atomic mass is 10.2. The van der Waals surface area contributed by atoms with Crippen LogP contribution in [0.5, 0.6) is 0 Å². The molecule has 6 heteroatoms. The highest BCUT2D eigenvalue weighted by Crippen LogP contribution is 2.16. The van der Waals surface area contributed by atoms with Crippen LogP contribution in [0.1, 0.15) is 11.1 Å². The van der Waals surface area contributed by atoms with E-state index in [4.69, 9.17) is 0 Å². The van der Waals surface area contributed by atoms with Crippen molar-refractivity contribution < 1.29 is 4.79 Å². The van der Waals surface area contributed by atoms with Crippen LogP contribution in [0.2, 0.25) is 0 Å². The zero-order valence-electron chi connectivity index (χ0n) is 11.9. The summed E-state index contributed by atoms with van der Waals surface area (Å²) in [6.45, 7) is 2.21. The fraction of sp³-hybridized carbons (Fsp3) is 0.125. The number of carbonyl (C=O) groups excluding carboxylic acids is 1. The van der Waals surface area contributed by atoms with E-state index in [0.29, 0.717) is 0 Å². The maximum atomic E-state index is 11.7. The molecular formula is C16H15BrIN3O. The van der Waals surface area contributed by atoms with Crippen molar-refractivity contribution in [2.75, 3.05) is 11.9 Å². The third kappa shape index (κ3) is 5.42. The number of amides is 1. The zero-order valence-corrected chi connectivity index (χ0v) is 15.7. The van der Waals surface area contributed by atoms with Crippen molar-refractivity contribution in [3.05, 3.63) is 61.6 Å². The predicted molar refractivity (Wildman–Crippen MR) is 102 cm³/mol. The first kappa shape index (κ1) is 17.0. The molecule has 0 atom stereocenters. The molecule has 0 unspecified atom stereocenters. The van der Waals surface area contributed by atoms with Gasteiger partial charge in [-0.25, -0.2) is 5.43 Å². The normalized spacial score (nSPS) is 10.7. The fourth-order valence-electron chi connectivity index (χ4n) is 1.74. The lowest BCUT2D eigenvalue weighted by Gasteiger charge is -2.07. The highest BCUT2D eigenvalue weighted by molar-refractivity contribution is 14.1. The average molecular weight is 472 g/mol. The number of halogens is 2. The second-order valence-corrected chi connectivity index (χ2v) is 6.74. The van der Waals surface area contributed by atoms with E-state index in [1.54, 1.807) is 6.21 Å². The van der Waals surface area contributed by atoms with Crippen LogP contribution in [-0.2, 0) is 4.79 Å². The smallest absolute Gasteiger partial charge is 0.259 e. The minimum atomic E-state index is -0.192. The molecule has 114 valence electrons. The lowest BCUT2D eigenvalue weighted by molar-refractivity contribution is -0.119. The molecule has 0 aliphatic rings. The SMILES string of the molecule is Cc1cc(NCC(=O)N/N=C/c2cccc(Br)c2)ccc1I. The second-order valence-electron chi connectivity index (χ2n) is 4.67. The monoisotopic (exact) mass is 471 g/mol. The molecule has 0 aliphatic heterocycles. The maximum absolute atomic E-state index is 11.7. The van der Waals surface area contributed by atoms with Gasteiger partial charge < -0.3 is 5.32 Å². The minimum Gasteiger partial charge on any atom is -0.376 e. The second kappa shape index (κ2) is 8.28. The van der Waals surface area contributed by atoms with E-state index < -0.39 is 0 Å². The molecule has 0 fully saturated rings. The van der Waals surface area contributed by atoms with Gasteiger partial charge in [-0.1, -0.05) is 28.1 Å². The third-order valence-corrected chi connectivity index (χ3v) is 4.57. The maximum Gasteiger partial charge on any atom is 0.259 e. The average Bonchev–Trinajstić information content (AvgIpc) is 2.48. The Kier molecular flexibility index (Phi) is 6.38. The molecule has 0 bridgehead atoms. The fourth-order valence-corrected chi connectivity index (χ4v) is 2.49. The Hall–Kier alpha value is -1.41. The molecule has 0 heterocycles. The molecule has 1 amide bonds. The highest BCUT2D eigenvalue weighted by atomic mass is 127. The lowest BCUT2D eigenvalue weighted by Crippen LogP contribution is -2.25. The van der Waals surface area contributed by atoms with Crippen LogP contribution in [-0.4, -0.2) is 18.7 Å². The molecule has 0 saturated carbocycles. The van der Waals surface area contributed by atoms with Crippen molar-refractivity contribution in [3.63, 3.8) is 0 Å². The summed E-state index contributed by atoms with van der Waals surface area (Å²) in [6, 6.07) is 13.7. The van der Waals surface area contributed by atoms with Crippen LogP contribution >= 0.6 is 38.5 Å². The van der Waals surface area contributed by atoms with Crippen molar-refractivity contribution in [2.45, 2.75) is 6.92 Å². The van der Waals surface area contributed by atoms with E-state index in [1.165, 1.54) is 9.13 Å². The van der Waals surface area contributed by atoms with Crippen molar-refractivity contribution in [3.8, 4) is 0 Å². The molecular weight excluding hydrogens is 457 g/mol. The van der Waals surface area contributed by atoms with Gasteiger partial charge in [0.25, 0.3) is 5.91 Å². The Bertz CT molecular complexity index is 704. The summed E-state index contributed by atoms with van der Waals surface area (Å²) in [7, 11) is 0. The number of aryl methyl sites for hydroxylation is 1. The molecule has 4 nitrogen and oxygen atoms in total. The van der Waals surface area contributed by atoms with Crippen molar-refractivity contribution in [1.29, 1.82) is 0 Å². The largest absolute Gasteiger partial charge is 0.376 e. The number of carbonyl (C=O) groups is 1. The Balaban J connectivity index is 1.81. The number of anilines is 1. The topological polar surface area (TPSA) is 53.5 Å². The summed E-state index contributed by atoms with van der Waals surface area (Å²) in [4.78, 5) is 11.7. The molecule has 0 saturated heterocycles. The summed E-state index contributed by atoms with van der Waals surface area (Å²) in [5.74, 6) is -0.192. The van der Waals surface area contributed by atoms with Gasteiger partial charge in [0, 0.05) is 13.7 Å².